The van der Waals surface area contributed by atoms with Gasteiger partial charge in [0.15, 0.2) is 0 Å². The molecule has 4 nitrogen and oxygen atoms in total. The lowest BCUT2D eigenvalue weighted by atomic mass is 9.95. The molecule has 3 aromatic carbocycles. The fourth-order valence-electron chi connectivity index (χ4n) is 3.51. The van der Waals surface area contributed by atoms with Crippen molar-refractivity contribution in [3.8, 4) is 33.8 Å². The molecule has 4 N–H and O–H groups in total. The summed E-state index contributed by atoms with van der Waals surface area (Å²) in [5.41, 5.74) is 10.3. The lowest BCUT2D eigenvalue weighted by Gasteiger charge is -2.19. The average Bonchev–Trinajstić information content (AvgIpc) is 2.83. The van der Waals surface area contributed by atoms with Gasteiger partial charge >= 0.3 is 12.4 Å². The van der Waals surface area contributed by atoms with Crippen LogP contribution in [-0.2, 0) is 12.4 Å². The van der Waals surface area contributed by atoms with E-state index in [0.29, 0.717) is 25.9 Å². The lowest BCUT2D eigenvalue weighted by molar-refractivity contribution is -0.138. The Hall–Kier alpha value is -3.24. The van der Waals surface area contributed by atoms with Crippen molar-refractivity contribution in [2.24, 2.45) is 11.5 Å². The fourth-order valence-corrected chi connectivity index (χ4v) is 3.51. The first kappa shape index (κ1) is 27.3. The van der Waals surface area contributed by atoms with E-state index >= 15 is 0 Å². The standard InChI is InChI=1S/C26H26F6N2O2/c27-25(28,29)19-7-1-5-17(13-19)21-15-22(18-6-2-8-20(14-18)26(30,31)32)24(36-12-4-10-34)16-23(21)35-11-3-9-33/h1-2,5-8,13-16H,3-4,9-12,33-34H2. The summed E-state index contributed by atoms with van der Waals surface area (Å²) in [6.45, 7) is 1.04. The monoisotopic (exact) mass is 512 g/mol. The van der Waals surface area contributed by atoms with Crippen LogP contribution in [0.2, 0.25) is 0 Å². The van der Waals surface area contributed by atoms with Gasteiger partial charge in [0.25, 0.3) is 0 Å². The zero-order chi connectivity index (χ0) is 26.3. The van der Waals surface area contributed by atoms with Crippen LogP contribution in [0.4, 0.5) is 26.3 Å². The summed E-state index contributed by atoms with van der Waals surface area (Å²) in [7, 11) is 0. The van der Waals surface area contributed by atoms with E-state index in [1.165, 1.54) is 36.4 Å². The van der Waals surface area contributed by atoms with Crippen LogP contribution in [0.5, 0.6) is 11.5 Å². The first-order chi connectivity index (χ1) is 17.0. The zero-order valence-electron chi connectivity index (χ0n) is 19.3. The van der Waals surface area contributed by atoms with Gasteiger partial charge in [0, 0.05) is 17.2 Å². The first-order valence-electron chi connectivity index (χ1n) is 11.2. The predicted molar refractivity (Wildman–Crippen MR) is 126 cm³/mol. The topological polar surface area (TPSA) is 70.5 Å². The van der Waals surface area contributed by atoms with Crippen molar-refractivity contribution in [1.82, 2.24) is 0 Å². The highest BCUT2D eigenvalue weighted by Gasteiger charge is 2.32. The van der Waals surface area contributed by atoms with Gasteiger partial charge in [-0.1, -0.05) is 24.3 Å². The van der Waals surface area contributed by atoms with Crippen molar-refractivity contribution >= 4 is 0 Å². The second-order valence-corrected chi connectivity index (χ2v) is 7.98. The number of rotatable bonds is 10. The maximum absolute atomic E-state index is 13.4. The Balaban J connectivity index is 2.22. The molecule has 0 aliphatic carbocycles. The molecule has 0 unspecified atom stereocenters. The van der Waals surface area contributed by atoms with Gasteiger partial charge in [-0.15, -0.1) is 0 Å². The van der Waals surface area contributed by atoms with Crippen LogP contribution in [0, 0.1) is 0 Å². The molecule has 10 heteroatoms. The normalized spacial score (nSPS) is 12.0. The summed E-state index contributed by atoms with van der Waals surface area (Å²) in [4.78, 5) is 0. The van der Waals surface area contributed by atoms with E-state index in [1.54, 1.807) is 0 Å². The van der Waals surface area contributed by atoms with Gasteiger partial charge in [-0.2, -0.15) is 26.3 Å². The Morgan fingerprint density at radius 3 is 1.36 bits per heavy atom. The molecule has 0 heterocycles. The largest absolute Gasteiger partial charge is 0.493 e. The SMILES string of the molecule is NCCCOc1cc(OCCCN)c(-c2cccc(C(F)(F)F)c2)cc1-c1cccc(C(F)(F)F)c1. The van der Waals surface area contributed by atoms with Crippen LogP contribution >= 0.6 is 0 Å². The molecule has 0 aliphatic heterocycles. The third-order valence-electron chi connectivity index (χ3n) is 5.30. The number of alkyl halides is 6. The molecule has 0 aliphatic rings. The molecule has 3 aromatic rings. The lowest BCUT2D eigenvalue weighted by Crippen LogP contribution is -2.09. The average molecular weight is 512 g/mol. The second kappa shape index (κ2) is 11.7. The number of halogens is 6. The minimum Gasteiger partial charge on any atom is -0.493 e. The van der Waals surface area contributed by atoms with E-state index in [0.717, 1.165) is 24.3 Å². The molecule has 0 saturated heterocycles. The molecule has 0 amide bonds. The molecule has 0 radical (unpaired) electrons. The smallest absolute Gasteiger partial charge is 0.416 e. The van der Waals surface area contributed by atoms with Gasteiger partial charge < -0.3 is 20.9 Å². The van der Waals surface area contributed by atoms with E-state index in [-0.39, 0.29) is 47.0 Å². The highest BCUT2D eigenvalue weighted by molar-refractivity contribution is 5.82. The van der Waals surface area contributed by atoms with E-state index in [4.69, 9.17) is 20.9 Å². The highest BCUT2D eigenvalue weighted by Crippen LogP contribution is 2.43. The van der Waals surface area contributed by atoms with Crippen molar-refractivity contribution in [1.29, 1.82) is 0 Å². The summed E-state index contributed by atoms with van der Waals surface area (Å²) in [5.74, 6) is 0.447. The first-order valence-corrected chi connectivity index (χ1v) is 11.2. The fraction of sp³-hybridized carbons (Fsp3) is 0.308. The Morgan fingerprint density at radius 2 is 1.00 bits per heavy atom. The number of ether oxygens (including phenoxy) is 2. The van der Waals surface area contributed by atoms with Gasteiger partial charge in [-0.25, -0.2) is 0 Å². The number of hydrogen-bond donors (Lipinski definition) is 2. The van der Waals surface area contributed by atoms with Crippen LogP contribution in [0.1, 0.15) is 24.0 Å². The molecule has 0 aromatic heterocycles. The van der Waals surface area contributed by atoms with Crippen molar-refractivity contribution in [2.75, 3.05) is 26.3 Å². The van der Waals surface area contributed by atoms with Crippen molar-refractivity contribution < 1.29 is 35.8 Å². The Labute approximate surface area is 204 Å². The Morgan fingerprint density at radius 1 is 0.583 bits per heavy atom. The summed E-state index contributed by atoms with van der Waals surface area (Å²) in [6, 6.07) is 12.3. The molecule has 0 fully saturated rings. The molecule has 0 saturated carbocycles. The quantitative estimate of drug-likeness (QED) is 0.240. The third kappa shape index (κ3) is 6.92. The van der Waals surface area contributed by atoms with Crippen molar-refractivity contribution in [3.63, 3.8) is 0 Å². The van der Waals surface area contributed by atoms with Crippen molar-refractivity contribution in [2.45, 2.75) is 25.2 Å². The summed E-state index contributed by atoms with van der Waals surface area (Å²) in [6.07, 6.45) is -8.18. The van der Waals surface area contributed by atoms with E-state index < -0.39 is 23.5 Å². The maximum atomic E-state index is 13.4. The molecule has 36 heavy (non-hydrogen) atoms. The zero-order valence-corrected chi connectivity index (χ0v) is 19.3. The maximum Gasteiger partial charge on any atom is 0.416 e. The van der Waals surface area contributed by atoms with Crippen LogP contribution in [0.15, 0.2) is 60.7 Å². The Kier molecular flexibility index (Phi) is 8.86. The number of nitrogens with two attached hydrogens (primary N) is 2. The van der Waals surface area contributed by atoms with Crippen LogP contribution in [0.25, 0.3) is 22.3 Å². The second-order valence-electron chi connectivity index (χ2n) is 7.98. The predicted octanol–water partition coefficient (Wildman–Crippen LogP) is 6.51. The van der Waals surface area contributed by atoms with Gasteiger partial charge in [-0.3, -0.25) is 0 Å². The molecule has 194 valence electrons. The van der Waals surface area contributed by atoms with Gasteiger partial charge in [0.1, 0.15) is 11.5 Å². The molecule has 0 bridgehead atoms. The van der Waals surface area contributed by atoms with Crippen LogP contribution in [-0.4, -0.2) is 26.3 Å². The molecule has 0 atom stereocenters. The number of hydrogen-bond acceptors (Lipinski definition) is 4. The summed E-state index contributed by atoms with van der Waals surface area (Å²) < 4.78 is 92.0. The minimum absolute atomic E-state index is 0.188. The van der Waals surface area contributed by atoms with Gasteiger partial charge in [-0.05, 0) is 67.4 Å². The molecule has 0 spiro atoms. The third-order valence-corrected chi connectivity index (χ3v) is 5.30. The molecular weight excluding hydrogens is 486 g/mol. The number of benzene rings is 3. The van der Waals surface area contributed by atoms with Crippen LogP contribution < -0.4 is 20.9 Å². The van der Waals surface area contributed by atoms with E-state index in [2.05, 4.69) is 0 Å². The minimum atomic E-state index is -4.58. The summed E-state index contributed by atoms with van der Waals surface area (Å²) in [5, 5.41) is 0. The molecular formula is C26H26F6N2O2. The van der Waals surface area contributed by atoms with E-state index in [1.807, 2.05) is 0 Å². The van der Waals surface area contributed by atoms with Gasteiger partial charge in [0.05, 0.1) is 24.3 Å². The van der Waals surface area contributed by atoms with Crippen LogP contribution in [0.3, 0.4) is 0 Å². The van der Waals surface area contributed by atoms with Gasteiger partial charge in [0.2, 0.25) is 0 Å². The van der Waals surface area contributed by atoms with E-state index in [9.17, 15) is 26.3 Å². The Bertz CT molecular complexity index is 1080. The summed E-state index contributed by atoms with van der Waals surface area (Å²) >= 11 is 0. The highest BCUT2D eigenvalue weighted by atomic mass is 19.4. The molecule has 3 rings (SSSR count). The van der Waals surface area contributed by atoms with Crippen molar-refractivity contribution in [3.05, 3.63) is 71.8 Å².